The molecule has 6 nitrogen and oxygen atoms in total. The highest BCUT2D eigenvalue weighted by atomic mass is 16.5. The molecule has 1 aliphatic heterocycles. The summed E-state index contributed by atoms with van der Waals surface area (Å²) in [5.41, 5.74) is 2.56. The van der Waals surface area contributed by atoms with Crippen molar-refractivity contribution in [2.75, 3.05) is 52.6 Å². The summed E-state index contributed by atoms with van der Waals surface area (Å²) in [7, 11) is 0. The molecule has 1 aliphatic rings. The fourth-order valence-electron chi connectivity index (χ4n) is 2.94. The second-order valence-electron chi connectivity index (χ2n) is 7.62. The topological polar surface area (TPSA) is 58.1 Å². The Hall–Kier alpha value is -1.63. The fourth-order valence-corrected chi connectivity index (χ4v) is 2.94. The fraction of sp³-hybridized carbons (Fsp3) is 0.682. The van der Waals surface area contributed by atoms with Crippen LogP contribution in [-0.2, 0) is 22.6 Å². The van der Waals surface area contributed by atoms with Crippen molar-refractivity contribution in [3.8, 4) is 0 Å². The number of ether oxygens (including phenoxy) is 2. The van der Waals surface area contributed by atoms with E-state index >= 15 is 0 Å². The largest absolute Gasteiger partial charge is 0.380 e. The number of hydrogen-bond acceptors (Lipinski definition) is 4. The molecule has 0 aromatic heterocycles. The Balaban J connectivity index is 1.73. The number of rotatable bonds is 11. The lowest BCUT2D eigenvalue weighted by molar-refractivity contribution is 0.0342. The maximum atomic E-state index is 5.65. The maximum absolute atomic E-state index is 5.65. The van der Waals surface area contributed by atoms with Gasteiger partial charge in [-0.1, -0.05) is 38.1 Å². The third kappa shape index (κ3) is 9.53. The third-order valence-electron chi connectivity index (χ3n) is 4.68. The van der Waals surface area contributed by atoms with Gasteiger partial charge in [-0.15, -0.1) is 0 Å². The summed E-state index contributed by atoms with van der Waals surface area (Å²) < 4.78 is 11.1. The van der Waals surface area contributed by atoms with Crippen molar-refractivity contribution in [2.45, 2.75) is 40.3 Å². The minimum atomic E-state index is 0.668. The summed E-state index contributed by atoms with van der Waals surface area (Å²) in [5.74, 6) is 1.53. The van der Waals surface area contributed by atoms with Crippen LogP contribution in [0.4, 0.5) is 0 Å². The molecule has 1 fully saturated rings. The molecule has 0 saturated carbocycles. The predicted octanol–water partition coefficient (Wildman–Crippen LogP) is 2.64. The van der Waals surface area contributed by atoms with Crippen molar-refractivity contribution < 1.29 is 9.47 Å². The van der Waals surface area contributed by atoms with Gasteiger partial charge in [0.25, 0.3) is 0 Å². The van der Waals surface area contributed by atoms with Crippen LogP contribution in [0.5, 0.6) is 0 Å². The van der Waals surface area contributed by atoms with Crippen molar-refractivity contribution in [1.82, 2.24) is 15.5 Å². The Morgan fingerprint density at radius 1 is 1.11 bits per heavy atom. The highest BCUT2D eigenvalue weighted by Crippen LogP contribution is 2.10. The van der Waals surface area contributed by atoms with Crippen molar-refractivity contribution in [3.63, 3.8) is 0 Å². The Labute approximate surface area is 170 Å². The van der Waals surface area contributed by atoms with Crippen LogP contribution in [0.1, 0.15) is 38.3 Å². The first-order chi connectivity index (χ1) is 13.7. The Morgan fingerprint density at radius 3 is 2.50 bits per heavy atom. The van der Waals surface area contributed by atoms with Gasteiger partial charge in [-0.2, -0.15) is 0 Å². The highest BCUT2D eigenvalue weighted by Gasteiger charge is 2.10. The van der Waals surface area contributed by atoms with Gasteiger partial charge in [-0.25, -0.2) is 4.99 Å². The number of hydrogen-bond donors (Lipinski definition) is 2. The van der Waals surface area contributed by atoms with Crippen LogP contribution in [0, 0.1) is 5.92 Å². The van der Waals surface area contributed by atoms with Gasteiger partial charge in [-0.05, 0) is 30.4 Å². The molecule has 0 atom stereocenters. The van der Waals surface area contributed by atoms with E-state index in [1.54, 1.807) is 0 Å². The van der Waals surface area contributed by atoms with Gasteiger partial charge in [0.15, 0.2) is 5.96 Å². The molecule has 0 radical (unpaired) electrons. The molecule has 0 bridgehead atoms. The van der Waals surface area contributed by atoms with Crippen molar-refractivity contribution in [1.29, 1.82) is 0 Å². The zero-order valence-electron chi connectivity index (χ0n) is 17.9. The van der Waals surface area contributed by atoms with E-state index in [0.29, 0.717) is 19.1 Å². The average Bonchev–Trinajstić information content (AvgIpc) is 2.70. The van der Waals surface area contributed by atoms with Crippen molar-refractivity contribution in [3.05, 3.63) is 35.4 Å². The van der Waals surface area contributed by atoms with Crippen LogP contribution in [0.2, 0.25) is 0 Å². The number of morpholine rings is 1. The highest BCUT2D eigenvalue weighted by molar-refractivity contribution is 5.79. The van der Waals surface area contributed by atoms with Gasteiger partial charge < -0.3 is 20.1 Å². The van der Waals surface area contributed by atoms with Gasteiger partial charge >= 0.3 is 0 Å². The lowest BCUT2D eigenvalue weighted by Gasteiger charge is -2.26. The van der Waals surface area contributed by atoms with E-state index in [0.717, 1.165) is 64.9 Å². The third-order valence-corrected chi connectivity index (χ3v) is 4.68. The number of benzene rings is 1. The molecule has 6 heteroatoms. The monoisotopic (exact) mass is 390 g/mol. The molecule has 1 saturated heterocycles. The van der Waals surface area contributed by atoms with E-state index < -0.39 is 0 Å². The maximum Gasteiger partial charge on any atom is 0.191 e. The number of nitrogens with one attached hydrogen (secondary N) is 2. The van der Waals surface area contributed by atoms with Gasteiger partial charge in [0.2, 0.25) is 0 Å². The normalized spacial score (nSPS) is 15.8. The van der Waals surface area contributed by atoms with Crippen molar-refractivity contribution >= 4 is 5.96 Å². The van der Waals surface area contributed by atoms with Crippen LogP contribution in [0.3, 0.4) is 0 Å². The smallest absolute Gasteiger partial charge is 0.191 e. The lowest BCUT2D eigenvalue weighted by atomic mass is 10.1. The van der Waals surface area contributed by atoms with Gasteiger partial charge in [0.05, 0.1) is 26.4 Å². The van der Waals surface area contributed by atoms with E-state index in [2.05, 4.69) is 65.6 Å². The van der Waals surface area contributed by atoms with Crippen LogP contribution in [0.15, 0.2) is 29.3 Å². The van der Waals surface area contributed by atoms with E-state index in [-0.39, 0.29) is 0 Å². The first-order valence-corrected chi connectivity index (χ1v) is 10.6. The summed E-state index contributed by atoms with van der Waals surface area (Å²) in [5, 5.41) is 6.63. The molecule has 0 aliphatic carbocycles. The van der Waals surface area contributed by atoms with Gasteiger partial charge in [0, 0.05) is 39.3 Å². The molecule has 158 valence electrons. The zero-order chi connectivity index (χ0) is 20.0. The zero-order valence-corrected chi connectivity index (χ0v) is 17.9. The summed E-state index contributed by atoms with van der Waals surface area (Å²) >= 11 is 0. The van der Waals surface area contributed by atoms with Crippen molar-refractivity contribution in [2.24, 2.45) is 10.9 Å². The molecule has 2 rings (SSSR count). The van der Waals surface area contributed by atoms with Crippen LogP contribution < -0.4 is 10.6 Å². The molecular weight excluding hydrogens is 352 g/mol. The second kappa shape index (κ2) is 13.5. The van der Waals surface area contributed by atoms with Crippen LogP contribution >= 0.6 is 0 Å². The Bertz CT molecular complexity index is 554. The number of aliphatic imine (C=N–C) groups is 1. The van der Waals surface area contributed by atoms with E-state index in [1.807, 2.05) is 0 Å². The number of guanidine groups is 1. The summed E-state index contributed by atoms with van der Waals surface area (Å²) in [6, 6.07) is 8.78. The van der Waals surface area contributed by atoms with E-state index in [4.69, 9.17) is 9.47 Å². The summed E-state index contributed by atoms with van der Waals surface area (Å²) in [6.07, 6.45) is 1.11. The molecule has 1 aromatic carbocycles. The molecule has 2 N–H and O–H groups in total. The number of nitrogens with zero attached hydrogens (tertiary/aromatic N) is 2. The molecule has 0 spiro atoms. The second-order valence-corrected chi connectivity index (χ2v) is 7.62. The predicted molar refractivity (Wildman–Crippen MR) is 116 cm³/mol. The van der Waals surface area contributed by atoms with E-state index in [1.165, 1.54) is 11.1 Å². The van der Waals surface area contributed by atoms with Crippen LogP contribution in [-0.4, -0.2) is 63.5 Å². The molecule has 0 amide bonds. The standard InChI is InChI=1S/C22H38N4O2/c1-4-23-22(24-10-14-27-13-9-19(2)3)25-17-20-5-7-21(8-6-20)18-26-11-15-28-16-12-26/h5-8,19H,4,9-18H2,1-3H3,(H2,23,24,25). The summed E-state index contributed by atoms with van der Waals surface area (Å²) in [6.45, 7) is 15.0. The Kier molecular flexibility index (Phi) is 10.9. The van der Waals surface area contributed by atoms with Gasteiger partial charge in [0.1, 0.15) is 0 Å². The first kappa shape index (κ1) is 22.7. The summed E-state index contributed by atoms with van der Waals surface area (Å²) in [4.78, 5) is 7.12. The molecule has 28 heavy (non-hydrogen) atoms. The minimum Gasteiger partial charge on any atom is -0.380 e. The lowest BCUT2D eigenvalue weighted by Crippen LogP contribution is -2.39. The molecule has 1 heterocycles. The average molecular weight is 391 g/mol. The van der Waals surface area contributed by atoms with Crippen LogP contribution in [0.25, 0.3) is 0 Å². The SMILES string of the molecule is CCNC(=NCc1ccc(CN2CCOCC2)cc1)NCCOCCC(C)C. The quantitative estimate of drug-likeness (QED) is 0.346. The molecular formula is C22H38N4O2. The van der Waals surface area contributed by atoms with Gasteiger partial charge in [-0.3, -0.25) is 4.90 Å². The molecule has 0 unspecified atom stereocenters. The van der Waals surface area contributed by atoms with E-state index in [9.17, 15) is 0 Å². The first-order valence-electron chi connectivity index (χ1n) is 10.6. The molecule has 1 aromatic rings. The minimum absolute atomic E-state index is 0.668. The Morgan fingerprint density at radius 2 is 1.82 bits per heavy atom.